The van der Waals surface area contributed by atoms with E-state index < -0.39 is 5.97 Å². The van der Waals surface area contributed by atoms with Gasteiger partial charge < -0.3 is 4.74 Å². The van der Waals surface area contributed by atoms with Crippen LogP contribution in [0.3, 0.4) is 0 Å². The molecule has 0 bridgehead atoms. The Hall–Kier alpha value is -0.800. The zero-order valence-electron chi connectivity index (χ0n) is 7.59. The largest absolute Gasteiger partial charge is 0.462 e. The quantitative estimate of drug-likeness (QED) is 0.596. The Labute approximate surface area is 92.0 Å². The molecule has 76 valence electrons. The molecule has 14 heavy (non-hydrogen) atoms. The van der Waals surface area contributed by atoms with E-state index in [1.54, 1.807) is 0 Å². The second-order valence-electron chi connectivity index (χ2n) is 2.64. The first-order valence-corrected chi connectivity index (χ1v) is 4.89. The molecule has 0 N–H and O–H groups in total. The van der Waals surface area contributed by atoms with Crippen molar-refractivity contribution in [1.82, 2.24) is 4.98 Å². The number of esters is 1. The molecule has 1 aromatic rings. The summed E-state index contributed by atoms with van der Waals surface area (Å²) in [6, 6.07) is 2.84. The summed E-state index contributed by atoms with van der Waals surface area (Å²) in [5, 5.41) is 0.363. The van der Waals surface area contributed by atoms with Crippen molar-refractivity contribution in [1.29, 1.82) is 0 Å². The number of pyridine rings is 1. The minimum absolute atomic E-state index is 0.181. The first-order valence-electron chi connectivity index (χ1n) is 4.13. The summed E-state index contributed by atoms with van der Waals surface area (Å²) < 4.78 is 4.90. The second-order valence-corrected chi connectivity index (χ2v) is 3.41. The van der Waals surface area contributed by atoms with Crippen LogP contribution in [0.4, 0.5) is 0 Å². The van der Waals surface area contributed by atoms with Gasteiger partial charge in [-0.05, 0) is 18.6 Å². The Balaban J connectivity index is 2.79. The minimum Gasteiger partial charge on any atom is -0.462 e. The number of hydrogen-bond acceptors (Lipinski definition) is 3. The summed E-state index contributed by atoms with van der Waals surface area (Å²) in [5.41, 5.74) is 0.323. The van der Waals surface area contributed by atoms with Crippen molar-refractivity contribution < 1.29 is 9.53 Å². The van der Waals surface area contributed by atoms with Gasteiger partial charge in [0.15, 0.2) is 0 Å². The smallest absolute Gasteiger partial charge is 0.338 e. The molecule has 1 aromatic heterocycles. The first-order chi connectivity index (χ1) is 6.63. The Morgan fingerprint density at radius 3 is 2.50 bits per heavy atom. The lowest BCUT2D eigenvalue weighted by atomic mass is 10.3. The standard InChI is InChI=1S/C9H9Cl2NO2/c1-2-3-14-9(13)6-4-7(10)12-8(11)5-6/h4-5H,2-3H2,1H3. The highest BCUT2D eigenvalue weighted by Gasteiger charge is 2.09. The second kappa shape index (κ2) is 5.17. The van der Waals surface area contributed by atoms with Crippen LogP contribution in [0.5, 0.6) is 0 Å². The normalized spacial score (nSPS) is 9.93. The zero-order chi connectivity index (χ0) is 10.6. The molecule has 0 aliphatic rings. The predicted molar refractivity (Wildman–Crippen MR) is 54.8 cm³/mol. The van der Waals surface area contributed by atoms with Crippen molar-refractivity contribution >= 4 is 29.2 Å². The Morgan fingerprint density at radius 1 is 1.43 bits per heavy atom. The van der Waals surface area contributed by atoms with Crippen molar-refractivity contribution in [3.8, 4) is 0 Å². The van der Waals surface area contributed by atoms with Gasteiger partial charge in [-0.1, -0.05) is 30.1 Å². The molecule has 5 heteroatoms. The summed E-state index contributed by atoms with van der Waals surface area (Å²) in [6.45, 7) is 2.30. The van der Waals surface area contributed by atoms with Crippen LogP contribution in [0.2, 0.25) is 10.3 Å². The number of nitrogens with zero attached hydrogens (tertiary/aromatic N) is 1. The summed E-state index contributed by atoms with van der Waals surface area (Å²) >= 11 is 11.2. The molecule has 0 saturated heterocycles. The highest BCUT2D eigenvalue weighted by atomic mass is 35.5. The first kappa shape index (κ1) is 11.3. The summed E-state index contributed by atoms with van der Waals surface area (Å²) in [4.78, 5) is 15.1. The van der Waals surface area contributed by atoms with E-state index in [1.165, 1.54) is 12.1 Å². The Bertz CT molecular complexity index is 321. The maximum atomic E-state index is 11.3. The van der Waals surface area contributed by atoms with Gasteiger partial charge in [-0.15, -0.1) is 0 Å². The fourth-order valence-electron chi connectivity index (χ4n) is 0.861. The fourth-order valence-corrected chi connectivity index (χ4v) is 1.32. The van der Waals surface area contributed by atoms with Crippen LogP contribution in [-0.4, -0.2) is 17.6 Å². The van der Waals surface area contributed by atoms with Crippen molar-refractivity contribution in [3.63, 3.8) is 0 Å². The van der Waals surface area contributed by atoms with Gasteiger partial charge in [0.1, 0.15) is 10.3 Å². The molecule has 0 atom stereocenters. The summed E-state index contributed by atoms with van der Waals surface area (Å²) in [6.07, 6.45) is 0.776. The van der Waals surface area contributed by atoms with Gasteiger partial charge in [-0.3, -0.25) is 0 Å². The molecule has 0 spiro atoms. The van der Waals surface area contributed by atoms with Crippen LogP contribution in [0, 0.1) is 0 Å². The topological polar surface area (TPSA) is 39.2 Å². The van der Waals surface area contributed by atoms with Crippen LogP contribution in [0.25, 0.3) is 0 Å². The van der Waals surface area contributed by atoms with Gasteiger partial charge in [-0.25, -0.2) is 9.78 Å². The number of aromatic nitrogens is 1. The number of halogens is 2. The third kappa shape index (κ3) is 3.16. The monoisotopic (exact) mass is 233 g/mol. The molecule has 0 amide bonds. The van der Waals surface area contributed by atoms with Gasteiger partial charge in [-0.2, -0.15) is 0 Å². The maximum Gasteiger partial charge on any atom is 0.338 e. The van der Waals surface area contributed by atoms with Crippen LogP contribution < -0.4 is 0 Å². The zero-order valence-corrected chi connectivity index (χ0v) is 9.10. The molecular formula is C9H9Cl2NO2. The number of carbonyl (C=O) groups is 1. The molecule has 0 fully saturated rings. The number of rotatable bonds is 3. The van der Waals surface area contributed by atoms with Crippen molar-refractivity contribution in [2.75, 3.05) is 6.61 Å². The lowest BCUT2D eigenvalue weighted by Gasteiger charge is -2.03. The molecule has 0 radical (unpaired) electrons. The molecule has 0 aliphatic carbocycles. The molecule has 1 heterocycles. The summed E-state index contributed by atoms with van der Waals surface area (Å²) in [5.74, 6) is -0.432. The van der Waals surface area contributed by atoms with Crippen LogP contribution in [-0.2, 0) is 4.74 Å². The van der Waals surface area contributed by atoms with Crippen LogP contribution >= 0.6 is 23.2 Å². The average molecular weight is 234 g/mol. The number of hydrogen-bond donors (Lipinski definition) is 0. The van der Waals surface area contributed by atoms with E-state index in [2.05, 4.69) is 4.98 Å². The average Bonchev–Trinajstić information content (AvgIpc) is 2.12. The van der Waals surface area contributed by atoms with Crippen LogP contribution in [0.1, 0.15) is 23.7 Å². The highest BCUT2D eigenvalue weighted by Crippen LogP contribution is 2.15. The SMILES string of the molecule is CCCOC(=O)c1cc(Cl)nc(Cl)c1. The Kier molecular flexibility index (Phi) is 4.17. The minimum atomic E-state index is -0.432. The van der Waals surface area contributed by atoms with E-state index in [4.69, 9.17) is 27.9 Å². The van der Waals surface area contributed by atoms with E-state index in [-0.39, 0.29) is 10.3 Å². The molecule has 0 saturated carbocycles. The molecule has 3 nitrogen and oxygen atoms in total. The fraction of sp³-hybridized carbons (Fsp3) is 0.333. The van der Waals surface area contributed by atoms with Crippen molar-refractivity contribution in [3.05, 3.63) is 28.0 Å². The molecule has 0 unspecified atom stereocenters. The van der Waals surface area contributed by atoms with Gasteiger partial charge in [0.05, 0.1) is 12.2 Å². The predicted octanol–water partition coefficient (Wildman–Crippen LogP) is 2.96. The number of ether oxygens (including phenoxy) is 1. The maximum absolute atomic E-state index is 11.3. The third-order valence-electron chi connectivity index (χ3n) is 1.44. The van der Waals surface area contributed by atoms with E-state index >= 15 is 0 Å². The molecule has 0 aliphatic heterocycles. The Morgan fingerprint density at radius 2 is 2.00 bits per heavy atom. The number of carbonyl (C=O) groups excluding carboxylic acids is 1. The lowest BCUT2D eigenvalue weighted by Crippen LogP contribution is -2.06. The van der Waals surface area contributed by atoms with E-state index in [9.17, 15) is 4.79 Å². The molecule has 1 rings (SSSR count). The summed E-state index contributed by atoms with van der Waals surface area (Å²) in [7, 11) is 0. The van der Waals surface area contributed by atoms with Gasteiger partial charge in [0.25, 0.3) is 0 Å². The van der Waals surface area contributed by atoms with Gasteiger partial charge in [0.2, 0.25) is 0 Å². The van der Waals surface area contributed by atoms with E-state index in [1.807, 2.05) is 6.92 Å². The van der Waals surface area contributed by atoms with E-state index in [0.717, 1.165) is 6.42 Å². The van der Waals surface area contributed by atoms with Crippen molar-refractivity contribution in [2.45, 2.75) is 13.3 Å². The molecule has 0 aromatic carbocycles. The van der Waals surface area contributed by atoms with Crippen LogP contribution in [0.15, 0.2) is 12.1 Å². The highest BCUT2D eigenvalue weighted by molar-refractivity contribution is 6.32. The van der Waals surface area contributed by atoms with Gasteiger partial charge in [0, 0.05) is 0 Å². The van der Waals surface area contributed by atoms with Crippen molar-refractivity contribution in [2.24, 2.45) is 0 Å². The third-order valence-corrected chi connectivity index (χ3v) is 1.82. The van der Waals surface area contributed by atoms with Gasteiger partial charge >= 0.3 is 5.97 Å². The molecular weight excluding hydrogens is 225 g/mol. The van der Waals surface area contributed by atoms with E-state index in [0.29, 0.717) is 12.2 Å². The lowest BCUT2D eigenvalue weighted by molar-refractivity contribution is 0.0505.